The fourth-order valence-electron chi connectivity index (χ4n) is 2.03. The van der Waals surface area contributed by atoms with E-state index in [1.807, 2.05) is 24.3 Å². The summed E-state index contributed by atoms with van der Waals surface area (Å²) < 4.78 is 10.1. The van der Waals surface area contributed by atoms with E-state index in [4.69, 9.17) is 21.1 Å². The van der Waals surface area contributed by atoms with Gasteiger partial charge in [0.15, 0.2) is 13.2 Å². The molecule has 0 saturated carbocycles. The van der Waals surface area contributed by atoms with E-state index in [2.05, 4.69) is 5.32 Å². The second-order valence-corrected chi connectivity index (χ2v) is 5.48. The number of rotatable bonds is 7. The number of hydrogen-bond acceptors (Lipinski definition) is 4. The average molecular weight is 348 g/mol. The van der Waals surface area contributed by atoms with Crippen LogP contribution in [0.3, 0.4) is 0 Å². The van der Waals surface area contributed by atoms with Crippen LogP contribution in [-0.4, -0.2) is 25.1 Å². The Bertz CT molecular complexity index is 690. The molecule has 0 radical (unpaired) electrons. The molecule has 0 aliphatic rings. The van der Waals surface area contributed by atoms with Gasteiger partial charge in [0.25, 0.3) is 5.91 Å². The van der Waals surface area contributed by atoms with Gasteiger partial charge in [0.05, 0.1) is 6.04 Å². The van der Waals surface area contributed by atoms with Crippen molar-refractivity contribution in [2.45, 2.75) is 13.0 Å². The monoisotopic (exact) mass is 347 g/mol. The molecule has 6 heteroatoms. The molecule has 0 fully saturated rings. The van der Waals surface area contributed by atoms with Crippen LogP contribution in [0.25, 0.3) is 0 Å². The first-order valence-electron chi connectivity index (χ1n) is 7.43. The molecule has 0 spiro atoms. The van der Waals surface area contributed by atoms with Gasteiger partial charge in [-0.15, -0.1) is 0 Å². The van der Waals surface area contributed by atoms with Crippen molar-refractivity contribution in [3.63, 3.8) is 0 Å². The van der Waals surface area contributed by atoms with E-state index in [-0.39, 0.29) is 19.3 Å². The van der Waals surface area contributed by atoms with Crippen LogP contribution in [0.1, 0.15) is 18.5 Å². The molecule has 1 N–H and O–H groups in total. The number of nitrogens with one attached hydrogen (secondary N) is 1. The van der Waals surface area contributed by atoms with Gasteiger partial charge < -0.3 is 14.8 Å². The van der Waals surface area contributed by atoms with Crippen LogP contribution in [-0.2, 0) is 14.3 Å². The van der Waals surface area contributed by atoms with E-state index in [0.29, 0.717) is 10.8 Å². The summed E-state index contributed by atoms with van der Waals surface area (Å²) in [5, 5.41) is 3.29. The predicted octanol–water partition coefficient (Wildman–Crippen LogP) is 3.14. The lowest BCUT2D eigenvalue weighted by atomic mass is 10.1. The van der Waals surface area contributed by atoms with Crippen LogP contribution in [0.15, 0.2) is 54.6 Å². The lowest BCUT2D eigenvalue weighted by Crippen LogP contribution is -2.32. The maximum absolute atomic E-state index is 11.8. The van der Waals surface area contributed by atoms with E-state index in [9.17, 15) is 9.59 Å². The topological polar surface area (TPSA) is 64.6 Å². The van der Waals surface area contributed by atoms with Crippen LogP contribution >= 0.6 is 11.6 Å². The average Bonchev–Trinajstić information content (AvgIpc) is 2.59. The van der Waals surface area contributed by atoms with Crippen molar-refractivity contribution >= 4 is 23.5 Å². The molecule has 2 aromatic carbocycles. The van der Waals surface area contributed by atoms with Crippen molar-refractivity contribution in [3.05, 3.63) is 65.2 Å². The zero-order chi connectivity index (χ0) is 17.4. The van der Waals surface area contributed by atoms with Gasteiger partial charge in [-0.05, 0) is 30.7 Å². The van der Waals surface area contributed by atoms with Gasteiger partial charge in [0, 0.05) is 5.02 Å². The highest BCUT2D eigenvalue weighted by molar-refractivity contribution is 6.31. The Morgan fingerprint density at radius 2 is 1.71 bits per heavy atom. The third kappa shape index (κ3) is 5.59. The highest BCUT2D eigenvalue weighted by Crippen LogP contribution is 2.21. The standard InChI is InChI=1S/C18H18ClNO4/c1-13(15-9-5-6-10-16(15)19)20-17(21)11-24-18(22)12-23-14-7-3-2-4-8-14/h2-10,13H,11-12H2,1H3,(H,20,21)/t13-/m1/s1. The predicted molar refractivity (Wildman–Crippen MR) is 90.9 cm³/mol. The number of carbonyl (C=O) groups excluding carboxylic acids is 2. The minimum atomic E-state index is -0.612. The Kier molecular flexibility index (Phi) is 6.63. The van der Waals surface area contributed by atoms with Crippen LogP contribution < -0.4 is 10.1 Å². The molecular weight excluding hydrogens is 330 g/mol. The molecule has 0 saturated heterocycles. The normalized spacial score (nSPS) is 11.4. The van der Waals surface area contributed by atoms with Gasteiger partial charge >= 0.3 is 5.97 Å². The summed E-state index contributed by atoms with van der Waals surface area (Å²) in [4.78, 5) is 23.4. The Labute approximate surface area is 145 Å². The fraction of sp³-hybridized carbons (Fsp3) is 0.222. The Hall–Kier alpha value is -2.53. The van der Waals surface area contributed by atoms with E-state index in [1.165, 1.54) is 0 Å². The molecule has 0 aromatic heterocycles. The molecular formula is C18H18ClNO4. The Morgan fingerprint density at radius 3 is 2.42 bits per heavy atom. The molecule has 24 heavy (non-hydrogen) atoms. The third-order valence-corrected chi connectivity index (χ3v) is 3.56. The maximum Gasteiger partial charge on any atom is 0.344 e. The van der Waals surface area contributed by atoms with E-state index in [1.54, 1.807) is 37.3 Å². The molecule has 0 heterocycles. The zero-order valence-corrected chi connectivity index (χ0v) is 14.0. The van der Waals surface area contributed by atoms with Gasteiger partial charge in [0.1, 0.15) is 5.75 Å². The molecule has 5 nitrogen and oxygen atoms in total. The summed E-state index contributed by atoms with van der Waals surface area (Å²) in [6.07, 6.45) is 0. The summed E-state index contributed by atoms with van der Waals surface area (Å²) in [6.45, 7) is 1.18. The second kappa shape index (κ2) is 8.93. The number of benzene rings is 2. The molecule has 0 bridgehead atoms. The van der Waals surface area contributed by atoms with Crippen molar-refractivity contribution in [1.82, 2.24) is 5.32 Å². The molecule has 1 atom stereocenters. The first-order chi connectivity index (χ1) is 11.6. The van der Waals surface area contributed by atoms with Gasteiger partial charge in [-0.1, -0.05) is 48.0 Å². The van der Waals surface area contributed by atoms with Gasteiger partial charge in [-0.3, -0.25) is 4.79 Å². The number of ether oxygens (including phenoxy) is 2. The highest BCUT2D eigenvalue weighted by atomic mass is 35.5. The first-order valence-corrected chi connectivity index (χ1v) is 7.81. The molecule has 126 valence electrons. The Balaban J connectivity index is 1.72. The van der Waals surface area contributed by atoms with Gasteiger partial charge in [-0.2, -0.15) is 0 Å². The summed E-state index contributed by atoms with van der Waals surface area (Å²) >= 11 is 6.08. The van der Waals surface area contributed by atoms with Crippen LogP contribution in [0, 0.1) is 0 Å². The molecule has 0 aliphatic carbocycles. The molecule has 2 aromatic rings. The number of hydrogen-bond donors (Lipinski definition) is 1. The van der Waals surface area contributed by atoms with Crippen molar-refractivity contribution in [2.24, 2.45) is 0 Å². The number of para-hydroxylation sites is 1. The molecule has 0 unspecified atom stereocenters. The minimum absolute atomic E-state index is 0.253. The summed E-state index contributed by atoms with van der Waals surface area (Å²) in [5.74, 6) is -0.457. The second-order valence-electron chi connectivity index (χ2n) is 5.07. The molecule has 2 rings (SSSR count). The fourth-order valence-corrected chi connectivity index (χ4v) is 2.33. The van der Waals surface area contributed by atoms with E-state index < -0.39 is 11.9 Å². The number of halogens is 1. The van der Waals surface area contributed by atoms with Crippen molar-refractivity contribution in [1.29, 1.82) is 0 Å². The lowest BCUT2D eigenvalue weighted by molar-refractivity contribution is -0.150. The summed E-state index contributed by atoms with van der Waals surface area (Å²) in [5.41, 5.74) is 0.797. The minimum Gasteiger partial charge on any atom is -0.482 e. The maximum atomic E-state index is 11.8. The number of amides is 1. The lowest BCUT2D eigenvalue weighted by Gasteiger charge is -2.15. The van der Waals surface area contributed by atoms with Crippen molar-refractivity contribution < 1.29 is 19.1 Å². The third-order valence-electron chi connectivity index (χ3n) is 3.21. The smallest absolute Gasteiger partial charge is 0.344 e. The highest BCUT2D eigenvalue weighted by Gasteiger charge is 2.14. The van der Waals surface area contributed by atoms with Gasteiger partial charge in [-0.25, -0.2) is 4.79 Å². The summed E-state index contributed by atoms with van der Waals surface area (Å²) in [7, 11) is 0. The van der Waals surface area contributed by atoms with Crippen LogP contribution in [0.4, 0.5) is 0 Å². The number of esters is 1. The summed E-state index contributed by atoms with van der Waals surface area (Å²) in [6, 6.07) is 15.8. The van der Waals surface area contributed by atoms with Crippen LogP contribution in [0.5, 0.6) is 5.75 Å². The van der Waals surface area contributed by atoms with E-state index in [0.717, 1.165) is 5.56 Å². The van der Waals surface area contributed by atoms with E-state index >= 15 is 0 Å². The van der Waals surface area contributed by atoms with Crippen LogP contribution in [0.2, 0.25) is 5.02 Å². The molecule has 0 aliphatic heterocycles. The first kappa shape index (κ1) is 17.8. The van der Waals surface area contributed by atoms with Gasteiger partial charge in [0.2, 0.25) is 0 Å². The SMILES string of the molecule is C[C@@H](NC(=O)COC(=O)COc1ccccc1)c1ccccc1Cl. The molecule has 1 amide bonds. The largest absolute Gasteiger partial charge is 0.482 e. The van der Waals surface area contributed by atoms with Crippen molar-refractivity contribution in [2.75, 3.05) is 13.2 Å². The quantitative estimate of drug-likeness (QED) is 0.781. The zero-order valence-electron chi connectivity index (χ0n) is 13.2. The number of carbonyl (C=O) groups is 2. The Morgan fingerprint density at radius 1 is 1.04 bits per heavy atom. The van der Waals surface area contributed by atoms with Crippen molar-refractivity contribution in [3.8, 4) is 5.75 Å².